The molecule has 0 heterocycles. The van der Waals surface area contributed by atoms with E-state index >= 15 is 0 Å². The van der Waals surface area contributed by atoms with Gasteiger partial charge >= 0.3 is 0 Å². The van der Waals surface area contributed by atoms with E-state index in [0.29, 0.717) is 18.8 Å². The van der Waals surface area contributed by atoms with Gasteiger partial charge in [0.25, 0.3) is 0 Å². The zero-order chi connectivity index (χ0) is 17.7. The fraction of sp³-hybridized carbons (Fsp3) is 0.667. The summed E-state index contributed by atoms with van der Waals surface area (Å²) >= 11 is 0. The maximum atomic E-state index is 10.7. The first-order valence-electron chi connectivity index (χ1n) is 8.05. The molecule has 1 aromatic carbocycles. The van der Waals surface area contributed by atoms with E-state index in [1.165, 1.54) is 0 Å². The van der Waals surface area contributed by atoms with Gasteiger partial charge in [0.1, 0.15) is 6.10 Å². The molecular weight excluding hydrogens is 296 g/mol. The Labute approximate surface area is 138 Å². The molecule has 0 unspecified atom stereocenters. The van der Waals surface area contributed by atoms with Crippen molar-refractivity contribution in [1.29, 1.82) is 0 Å². The van der Waals surface area contributed by atoms with Gasteiger partial charge in [0.15, 0.2) is 11.9 Å². The Hall–Kier alpha value is -0.980. The fourth-order valence-electron chi connectivity index (χ4n) is 2.38. The van der Waals surface area contributed by atoms with Crippen molar-refractivity contribution in [2.45, 2.75) is 58.0 Å². The summed E-state index contributed by atoms with van der Waals surface area (Å²) in [6, 6.07) is 7.32. The SMILES string of the molecule is CCOC(OCC)[C@](O)(CO)[C@H](O)c1ccc(C(C)(C)C)cc1. The maximum Gasteiger partial charge on any atom is 0.191 e. The molecule has 1 rings (SSSR count). The van der Waals surface area contributed by atoms with Gasteiger partial charge in [-0.15, -0.1) is 0 Å². The zero-order valence-electron chi connectivity index (χ0n) is 14.7. The van der Waals surface area contributed by atoms with Crippen LogP contribution in [-0.2, 0) is 14.9 Å². The number of aliphatic hydroxyl groups is 3. The van der Waals surface area contributed by atoms with Crippen molar-refractivity contribution < 1.29 is 24.8 Å². The lowest BCUT2D eigenvalue weighted by Gasteiger charge is -2.37. The number of hydrogen-bond donors (Lipinski definition) is 3. The highest BCUT2D eigenvalue weighted by Crippen LogP contribution is 2.32. The first kappa shape index (κ1) is 20.1. The summed E-state index contributed by atoms with van der Waals surface area (Å²) in [5.41, 5.74) is -0.323. The molecule has 0 saturated carbocycles. The molecule has 5 heteroatoms. The third-order valence-electron chi connectivity index (χ3n) is 3.86. The van der Waals surface area contributed by atoms with Crippen molar-refractivity contribution in [3.05, 3.63) is 35.4 Å². The maximum absolute atomic E-state index is 10.7. The molecule has 0 amide bonds. The highest BCUT2D eigenvalue weighted by atomic mass is 16.7. The monoisotopic (exact) mass is 326 g/mol. The van der Waals surface area contributed by atoms with Crippen molar-refractivity contribution >= 4 is 0 Å². The molecule has 132 valence electrons. The van der Waals surface area contributed by atoms with E-state index in [9.17, 15) is 15.3 Å². The Bertz CT molecular complexity index is 459. The lowest BCUT2D eigenvalue weighted by molar-refractivity contribution is -0.275. The quantitative estimate of drug-likeness (QED) is 0.638. The lowest BCUT2D eigenvalue weighted by Crippen LogP contribution is -2.53. The number of rotatable bonds is 8. The minimum absolute atomic E-state index is 0.00402. The Morgan fingerprint density at radius 1 is 1.00 bits per heavy atom. The fourth-order valence-corrected chi connectivity index (χ4v) is 2.38. The van der Waals surface area contributed by atoms with Crippen LogP contribution in [0.5, 0.6) is 0 Å². The lowest BCUT2D eigenvalue weighted by atomic mass is 9.84. The van der Waals surface area contributed by atoms with E-state index in [-0.39, 0.29) is 5.41 Å². The molecule has 0 radical (unpaired) electrons. The van der Waals surface area contributed by atoms with Gasteiger partial charge in [0, 0.05) is 13.2 Å². The summed E-state index contributed by atoms with van der Waals surface area (Å²) in [7, 11) is 0. The molecule has 3 N–H and O–H groups in total. The number of benzene rings is 1. The van der Waals surface area contributed by atoms with Gasteiger partial charge in [0.05, 0.1) is 6.61 Å². The zero-order valence-corrected chi connectivity index (χ0v) is 14.7. The van der Waals surface area contributed by atoms with Crippen molar-refractivity contribution in [3.63, 3.8) is 0 Å². The molecule has 0 bridgehead atoms. The molecule has 0 aliphatic heterocycles. The van der Waals surface area contributed by atoms with E-state index < -0.39 is 24.6 Å². The van der Waals surface area contributed by atoms with Crippen LogP contribution < -0.4 is 0 Å². The molecule has 1 aromatic rings. The largest absolute Gasteiger partial charge is 0.393 e. The second-order valence-corrected chi connectivity index (χ2v) is 6.67. The first-order valence-corrected chi connectivity index (χ1v) is 8.05. The van der Waals surface area contributed by atoms with Crippen LogP contribution in [0, 0.1) is 0 Å². The summed E-state index contributed by atoms with van der Waals surface area (Å²) in [6.45, 7) is 9.72. The van der Waals surface area contributed by atoms with Gasteiger partial charge < -0.3 is 24.8 Å². The average molecular weight is 326 g/mol. The predicted octanol–water partition coefficient (Wildman–Crippen LogP) is 2.14. The summed E-state index contributed by atoms with van der Waals surface area (Å²) in [5.74, 6) is 0. The first-order chi connectivity index (χ1) is 10.7. The Balaban J connectivity index is 3.08. The minimum atomic E-state index is -1.94. The van der Waals surface area contributed by atoms with E-state index in [2.05, 4.69) is 20.8 Å². The highest BCUT2D eigenvalue weighted by Gasteiger charge is 2.45. The molecule has 5 nitrogen and oxygen atoms in total. The molecule has 0 aliphatic carbocycles. The molecule has 0 aliphatic rings. The van der Waals surface area contributed by atoms with E-state index in [4.69, 9.17) is 9.47 Å². The van der Waals surface area contributed by atoms with Gasteiger partial charge in [-0.3, -0.25) is 0 Å². The van der Waals surface area contributed by atoms with Crippen molar-refractivity contribution in [3.8, 4) is 0 Å². The smallest absolute Gasteiger partial charge is 0.191 e. The second-order valence-electron chi connectivity index (χ2n) is 6.67. The predicted molar refractivity (Wildman–Crippen MR) is 89.2 cm³/mol. The van der Waals surface area contributed by atoms with Crippen molar-refractivity contribution in [1.82, 2.24) is 0 Å². The van der Waals surface area contributed by atoms with Gasteiger partial charge in [-0.05, 0) is 30.4 Å². The van der Waals surface area contributed by atoms with Crippen LogP contribution >= 0.6 is 0 Å². The topological polar surface area (TPSA) is 79.2 Å². The van der Waals surface area contributed by atoms with Crippen LogP contribution in [0.25, 0.3) is 0 Å². The molecular formula is C18H30O5. The van der Waals surface area contributed by atoms with Crippen molar-refractivity contribution in [2.75, 3.05) is 19.8 Å². The number of ether oxygens (including phenoxy) is 2. The normalized spacial score (nSPS) is 16.4. The summed E-state index contributed by atoms with van der Waals surface area (Å²) in [5, 5.41) is 31.0. The van der Waals surface area contributed by atoms with Crippen LogP contribution in [0.15, 0.2) is 24.3 Å². The van der Waals surface area contributed by atoms with Gasteiger partial charge in [-0.25, -0.2) is 0 Å². The molecule has 0 spiro atoms. The van der Waals surface area contributed by atoms with Crippen LogP contribution in [-0.4, -0.2) is 47.0 Å². The van der Waals surface area contributed by atoms with Gasteiger partial charge in [-0.2, -0.15) is 0 Å². The molecule has 0 aromatic heterocycles. The van der Waals surface area contributed by atoms with E-state index in [1.54, 1.807) is 26.0 Å². The molecule has 0 fully saturated rings. The third kappa shape index (κ3) is 4.75. The van der Waals surface area contributed by atoms with Crippen LogP contribution in [0.1, 0.15) is 51.8 Å². The minimum Gasteiger partial charge on any atom is -0.393 e. The van der Waals surface area contributed by atoms with Gasteiger partial charge in [0.2, 0.25) is 0 Å². The Morgan fingerprint density at radius 2 is 1.48 bits per heavy atom. The number of aliphatic hydroxyl groups excluding tert-OH is 2. The average Bonchev–Trinajstić information content (AvgIpc) is 2.52. The standard InChI is InChI=1S/C18H30O5/c1-6-22-16(23-7-2)18(21,12-19)15(20)13-8-10-14(11-9-13)17(3,4)5/h8-11,15-16,19-21H,6-7,12H2,1-5H3/t15-,18+/m1/s1. The van der Waals surface area contributed by atoms with Gasteiger partial charge in [-0.1, -0.05) is 45.0 Å². The Morgan fingerprint density at radius 3 is 1.83 bits per heavy atom. The third-order valence-corrected chi connectivity index (χ3v) is 3.86. The molecule has 0 saturated heterocycles. The number of hydrogen-bond acceptors (Lipinski definition) is 5. The Kier molecular flexibility index (Phi) is 7.17. The molecule has 2 atom stereocenters. The summed E-state index contributed by atoms with van der Waals surface area (Å²) in [6.07, 6.45) is -2.44. The highest BCUT2D eigenvalue weighted by molar-refractivity contribution is 5.30. The van der Waals surface area contributed by atoms with Crippen LogP contribution in [0.4, 0.5) is 0 Å². The van der Waals surface area contributed by atoms with E-state index in [1.807, 2.05) is 12.1 Å². The van der Waals surface area contributed by atoms with Crippen LogP contribution in [0.2, 0.25) is 0 Å². The summed E-state index contributed by atoms with van der Waals surface area (Å²) in [4.78, 5) is 0. The summed E-state index contributed by atoms with van der Waals surface area (Å²) < 4.78 is 10.7. The second kappa shape index (κ2) is 8.22. The van der Waals surface area contributed by atoms with Crippen molar-refractivity contribution in [2.24, 2.45) is 0 Å². The van der Waals surface area contributed by atoms with E-state index in [0.717, 1.165) is 5.56 Å². The molecule has 23 heavy (non-hydrogen) atoms. The van der Waals surface area contributed by atoms with Crippen LogP contribution in [0.3, 0.4) is 0 Å².